The van der Waals surface area contributed by atoms with Crippen molar-refractivity contribution in [3.63, 3.8) is 0 Å². The van der Waals surface area contributed by atoms with E-state index in [4.69, 9.17) is 10.00 Å². The summed E-state index contributed by atoms with van der Waals surface area (Å²) in [5.74, 6) is 0.450. The molecule has 26 heavy (non-hydrogen) atoms. The van der Waals surface area contributed by atoms with E-state index in [2.05, 4.69) is 37.5 Å². The van der Waals surface area contributed by atoms with Crippen LogP contribution in [0.3, 0.4) is 0 Å². The Balaban J connectivity index is 2.19. The number of amides is 1. The molecule has 0 unspecified atom stereocenters. The number of carbonyl (C=O) groups is 1. The average molecular weight is 351 g/mol. The second-order valence-corrected chi connectivity index (χ2v) is 7.18. The Hall–Kier alpha value is -3.00. The van der Waals surface area contributed by atoms with Crippen LogP contribution < -0.4 is 15.4 Å². The number of ether oxygens (including phenoxy) is 1. The van der Waals surface area contributed by atoms with E-state index in [1.54, 1.807) is 38.3 Å². The molecule has 2 aromatic rings. The van der Waals surface area contributed by atoms with Crippen LogP contribution in [0.5, 0.6) is 5.75 Å². The highest BCUT2D eigenvalue weighted by atomic mass is 16.5. The van der Waals surface area contributed by atoms with E-state index in [1.807, 2.05) is 18.2 Å². The summed E-state index contributed by atoms with van der Waals surface area (Å²) in [5, 5.41) is 15.2. The van der Waals surface area contributed by atoms with Gasteiger partial charge in [-0.2, -0.15) is 5.26 Å². The summed E-state index contributed by atoms with van der Waals surface area (Å²) in [4.78, 5) is 12.5. The number of rotatable bonds is 5. The Kier molecular flexibility index (Phi) is 5.89. The smallest absolute Gasteiger partial charge is 0.246 e. The Morgan fingerprint density at radius 3 is 2.46 bits per heavy atom. The van der Waals surface area contributed by atoms with E-state index in [1.165, 1.54) is 0 Å². The molecule has 0 spiro atoms. The van der Waals surface area contributed by atoms with E-state index >= 15 is 0 Å². The van der Waals surface area contributed by atoms with Crippen molar-refractivity contribution in [2.45, 2.75) is 39.2 Å². The molecule has 0 aliphatic rings. The van der Waals surface area contributed by atoms with Crippen LogP contribution in [0.15, 0.2) is 42.5 Å². The summed E-state index contributed by atoms with van der Waals surface area (Å²) in [7, 11) is 1.60. The third-order valence-electron chi connectivity index (χ3n) is 4.14. The molecule has 0 aromatic heterocycles. The quantitative estimate of drug-likeness (QED) is 0.842. The minimum absolute atomic E-state index is 0.0140. The fraction of sp³-hybridized carbons (Fsp3) is 0.333. The molecule has 0 saturated carbocycles. The largest absolute Gasteiger partial charge is 0.495 e. The van der Waals surface area contributed by atoms with Gasteiger partial charge in [-0.15, -0.1) is 0 Å². The highest BCUT2D eigenvalue weighted by Crippen LogP contribution is 2.32. The summed E-state index contributed by atoms with van der Waals surface area (Å²) in [6, 6.07) is 14.4. The van der Waals surface area contributed by atoms with Crippen LogP contribution in [0.25, 0.3) is 0 Å². The number of hydrogen-bond acceptors (Lipinski definition) is 4. The zero-order valence-corrected chi connectivity index (χ0v) is 15.9. The lowest BCUT2D eigenvalue weighted by molar-refractivity contribution is -0.116. The van der Waals surface area contributed by atoms with Crippen molar-refractivity contribution in [1.29, 1.82) is 5.26 Å². The van der Waals surface area contributed by atoms with Crippen molar-refractivity contribution in [1.82, 2.24) is 0 Å². The third kappa shape index (κ3) is 4.54. The van der Waals surface area contributed by atoms with Crippen LogP contribution in [-0.2, 0) is 10.2 Å². The minimum atomic E-state index is -0.508. The number of nitrogens with one attached hydrogen (secondary N) is 2. The molecular weight excluding hydrogens is 326 g/mol. The van der Waals surface area contributed by atoms with Crippen molar-refractivity contribution in [3.8, 4) is 11.8 Å². The zero-order chi connectivity index (χ0) is 19.3. The Morgan fingerprint density at radius 2 is 1.85 bits per heavy atom. The van der Waals surface area contributed by atoms with Crippen molar-refractivity contribution in [3.05, 3.63) is 53.6 Å². The summed E-state index contributed by atoms with van der Waals surface area (Å²) in [6.45, 7) is 8.17. The predicted molar refractivity (Wildman–Crippen MR) is 105 cm³/mol. The van der Waals surface area contributed by atoms with Crippen LogP contribution in [0.1, 0.15) is 38.8 Å². The van der Waals surface area contributed by atoms with Crippen molar-refractivity contribution in [2.24, 2.45) is 0 Å². The minimum Gasteiger partial charge on any atom is -0.495 e. The van der Waals surface area contributed by atoms with Gasteiger partial charge in [0.2, 0.25) is 5.91 Å². The molecule has 0 radical (unpaired) electrons. The number of benzene rings is 2. The van der Waals surface area contributed by atoms with Gasteiger partial charge in [-0.3, -0.25) is 4.79 Å². The molecule has 0 saturated heterocycles. The molecule has 1 atom stereocenters. The molecule has 2 N–H and O–H groups in total. The highest BCUT2D eigenvalue weighted by molar-refractivity contribution is 5.97. The van der Waals surface area contributed by atoms with Crippen LogP contribution in [0.2, 0.25) is 0 Å². The van der Waals surface area contributed by atoms with Crippen LogP contribution in [0.4, 0.5) is 11.4 Å². The van der Waals surface area contributed by atoms with Gasteiger partial charge in [0.15, 0.2) is 0 Å². The van der Waals surface area contributed by atoms with E-state index in [-0.39, 0.29) is 11.3 Å². The van der Waals surface area contributed by atoms with Gasteiger partial charge < -0.3 is 15.4 Å². The molecule has 1 amide bonds. The Morgan fingerprint density at radius 1 is 1.15 bits per heavy atom. The Labute approximate surface area is 155 Å². The van der Waals surface area contributed by atoms with Crippen LogP contribution in [-0.4, -0.2) is 19.1 Å². The zero-order valence-electron chi connectivity index (χ0n) is 15.9. The van der Waals surface area contributed by atoms with Gasteiger partial charge in [-0.1, -0.05) is 39.0 Å². The van der Waals surface area contributed by atoms with Gasteiger partial charge in [0.25, 0.3) is 0 Å². The maximum Gasteiger partial charge on any atom is 0.246 e. The van der Waals surface area contributed by atoms with Crippen molar-refractivity contribution >= 4 is 17.3 Å². The maximum absolute atomic E-state index is 12.5. The number of hydrogen-bond donors (Lipinski definition) is 2. The summed E-state index contributed by atoms with van der Waals surface area (Å²) < 4.78 is 5.41. The van der Waals surface area contributed by atoms with Gasteiger partial charge >= 0.3 is 0 Å². The molecule has 5 heteroatoms. The fourth-order valence-electron chi connectivity index (χ4n) is 2.52. The third-order valence-corrected chi connectivity index (χ3v) is 4.14. The predicted octanol–water partition coefficient (Wildman–Crippen LogP) is 4.30. The van der Waals surface area contributed by atoms with Gasteiger partial charge in [-0.25, -0.2) is 0 Å². The number of anilines is 2. The van der Waals surface area contributed by atoms with E-state index < -0.39 is 6.04 Å². The lowest BCUT2D eigenvalue weighted by Gasteiger charge is -2.23. The summed E-state index contributed by atoms with van der Waals surface area (Å²) >= 11 is 0. The number of methoxy groups -OCH3 is 1. The first-order valence-electron chi connectivity index (χ1n) is 8.51. The highest BCUT2D eigenvalue weighted by Gasteiger charge is 2.19. The molecule has 0 aliphatic carbocycles. The number of nitriles is 1. The van der Waals surface area contributed by atoms with Gasteiger partial charge in [0.1, 0.15) is 17.9 Å². The summed E-state index contributed by atoms with van der Waals surface area (Å²) in [5.41, 5.74) is 2.82. The summed E-state index contributed by atoms with van der Waals surface area (Å²) in [6.07, 6.45) is 0. The lowest BCUT2D eigenvalue weighted by atomic mass is 9.86. The van der Waals surface area contributed by atoms with E-state index in [9.17, 15) is 4.79 Å². The second-order valence-electron chi connectivity index (χ2n) is 7.18. The Bertz CT molecular complexity index is 832. The topological polar surface area (TPSA) is 74.2 Å². The molecule has 0 aliphatic heterocycles. The molecule has 5 nitrogen and oxygen atoms in total. The molecule has 0 fully saturated rings. The van der Waals surface area contributed by atoms with Crippen LogP contribution in [0, 0.1) is 11.3 Å². The molecule has 0 bridgehead atoms. The number of para-hydroxylation sites is 1. The van der Waals surface area contributed by atoms with Gasteiger partial charge in [0.05, 0.1) is 24.0 Å². The van der Waals surface area contributed by atoms with E-state index in [0.717, 1.165) is 11.3 Å². The number of carbonyl (C=O) groups excluding carboxylic acids is 1. The van der Waals surface area contributed by atoms with E-state index in [0.29, 0.717) is 17.0 Å². The SMILES string of the molecule is COc1ccc(C(C)(C)C)cc1N[C@H](C)C(=O)Nc1ccccc1C#N. The second kappa shape index (κ2) is 7.92. The maximum atomic E-state index is 12.5. The standard InChI is InChI=1S/C21H25N3O2/c1-14(20(25)24-17-9-7-6-8-15(17)13-22)23-18-12-16(21(2,3)4)10-11-19(18)26-5/h6-12,14,23H,1-5H3,(H,24,25)/t14-/m1/s1. The first-order valence-corrected chi connectivity index (χ1v) is 8.51. The fourth-order valence-corrected chi connectivity index (χ4v) is 2.52. The van der Waals surface area contributed by atoms with Crippen LogP contribution >= 0.6 is 0 Å². The average Bonchev–Trinajstić information content (AvgIpc) is 2.61. The molecule has 2 rings (SSSR count). The molecular formula is C21H25N3O2. The first kappa shape index (κ1) is 19.3. The first-order chi connectivity index (χ1) is 12.3. The lowest BCUT2D eigenvalue weighted by Crippen LogP contribution is -2.32. The van der Waals surface area contributed by atoms with Crippen molar-refractivity contribution < 1.29 is 9.53 Å². The number of nitrogens with zero attached hydrogens (tertiary/aromatic N) is 1. The normalized spacial score (nSPS) is 12.0. The monoisotopic (exact) mass is 351 g/mol. The molecule has 2 aromatic carbocycles. The van der Waals surface area contributed by atoms with Crippen molar-refractivity contribution in [2.75, 3.05) is 17.7 Å². The van der Waals surface area contributed by atoms with Gasteiger partial charge in [0, 0.05) is 0 Å². The molecule has 136 valence electrons. The van der Waals surface area contributed by atoms with Gasteiger partial charge in [-0.05, 0) is 42.2 Å². The molecule has 0 heterocycles.